The van der Waals surface area contributed by atoms with Gasteiger partial charge in [0.25, 0.3) is 0 Å². The third-order valence-electron chi connectivity index (χ3n) is 5.76. The number of aryl methyl sites for hydroxylation is 1. The van der Waals surface area contributed by atoms with Crippen LogP contribution in [0.5, 0.6) is 0 Å². The minimum absolute atomic E-state index is 0.0818. The second-order valence-corrected chi connectivity index (χ2v) is 8.19. The van der Waals surface area contributed by atoms with Gasteiger partial charge in [-0.3, -0.25) is 5.32 Å². The molecule has 1 atom stereocenters. The van der Waals surface area contributed by atoms with Crippen molar-refractivity contribution >= 4 is 17.7 Å². The number of hydrogen-bond acceptors (Lipinski definition) is 4. The van der Waals surface area contributed by atoms with Crippen LogP contribution in [0.25, 0.3) is 0 Å². The van der Waals surface area contributed by atoms with Crippen molar-refractivity contribution in [1.29, 1.82) is 0 Å². The fourth-order valence-corrected chi connectivity index (χ4v) is 4.10. The number of benzene rings is 2. The molecule has 1 amide bonds. The van der Waals surface area contributed by atoms with E-state index in [1.165, 1.54) is 11.1 Å². The maximum absolute atomic E-state index is 12.4. The zero-order valence-corrected chi connectivity index (χ0v) is 17.6. The first kappa shape index (κ1) is 21.1. The molecule has 0 spiro atoms. The van der Waals surface area contributed by atoms with E-state index in [4.69, 9.17) is 9.47 Å². The fraction of sp³-hybridized carbons (Fsp3) is 0.417. The van der Waals surface area contributed by atoms with E-state index in [0.29, 0.717) is 30.2 Å². The molecule has 0 radical (unpaired) electrons. The second kappa shape index (κ2) is 8.78. The van der Waals surface area contributed by atoms with Crippen molar-refractivity contribution in [1.82, 2.24) is 0 Å². The summed E-state index contributed by atoms with van der Waals surface area (Å²) in [6.07, 6.45) is 2.04. The molecule has 1 N–H and O–H groups in total. The molecule has 0 saturated heterocycles. The molecule has 1 aliphatic rings. The van der Waals surface area contributed by atoms with E-state index in [2.05, 4.69) is 25.2 Å². The van der Waals surface area contributed by atoms with E-state index in [9.17, 15) is 9.59 Å². The van der Waals surface area contributed by atoms with Crippen molar-refractivity contribution in [3.05, 3.63) is 64.7 Å². The van der Waals surface area contributed by atoms with Gasteiger partial charge in [-0.25, -0.2) is 9.59 Å². The molecule has 0 heterocycles. The van der Waals surface area contributed by atoms with Gasteiger partial charge < -0.3 is 9.47 Å². The molecule has 0 aromatic heterocycles. The number of methoxy groups -OCH3 is 1. The summed E-state index contributed by atoms with van der Waals surface area (Å²) >= 11 is 0. The number of amides is 1. The molecule has 29 heavy (non-hydrogen) atoms. The Morgan fingerprint density at radius 3 is 2.66 bits per heavy atom. The summed E-state index contributed by atoms with van der Waals surface area (Å²) in [4.78, 5) is 24.7. The maximum atomic E-state index is 12.4. The molecule has 154 valence electrons. The number of fused-ring (bicyclic) bond motifs is 1. The average molecular weight is 395 g/mol. The van der Waals surface area contributed by atoms with Gasteiger partial charge in [0.15, 0.2) is 0 Å². The highest BCUT2D eigenvalue weighted by Gasteiger charge is 2.32. The lowest BCUT2D eigenvalue weighted by molar-refractivity contribution is 0.0644. The van der Waals surface area contributed by atoms with Crippen molar-refractivity contribution in [2.45, 2.75) is 51.4 Å². The molecule has 0 fully saturated rings. The van der Waals surface area contributed by atoms with Gasteiger partial charge in [-0.15, -0.1) is 0 Å². The zero-order chi connectivity index (χ0) is 21.0. The van der Waals surface area contributed by atoms with Crippen LogP contribution >= 0.6 is 0 Å². The van der Waals surface area contributed by atoms with E-state index in [-0.39, 0.29) is 5.41 Å². The van der Waals surface area contributed by atoms with E-state index in [1.807, 2.05) is 31.2 Å². The minimum Gasteiger partial charge on any atom is -0.384 e. The van der Waals surface area contributed by atoms with Crippen LogP contribution in [0, 0.1) is 0 Å². The van der Waals surface area contributed by atoms with E-state index >= 15 is 0 Å². The van der Waals surface area contributed by atoms with E-state index in [1.54, 1.807) is 19.2 Å². The first-order valence-corrected chi connectivity index (χ1v) is 10.1. The van der Waals surface area contributed by atoms with E-state index < -0.39 is 12.1 Å². The summed E-state index contributed by atoms with van der Waals surface area (Å²) in [5.74, 6) is -0.352. The van der Waals surface area contributed by atoms with Crippen molar-refractivity contribution in [3.63, 3.8) is 0 Å². The summed E-state index contributed by atoms with van der Waals surface area (Å²) in [5, 5.41) is 2.70. The zero-order valence-electron chi connectivity index (χ0n) is 17.6. The molecular formula is C24H29NO4. The largest absolute Gasteiger partial charge is 0.419 e. The van der Waals surface area contributed by atoms with E-state index in [0.717, 1.165) is 18.4 Å². The van der Waals surface area contributed by atoms with Gasteiger partial charge in [0.2, 0.25) is 0 Å². The summed E-state index contributed by atoms with van der Waals surface area (Å²) in [6, 6.07) is 13.0. The molecule has 0 saturated carbocycles. The molecule has 3 rings (SSSR count). The Labute approximate surface area is 172 Å². The number of carbonyl (C=O) groups excluding carboxylic acids is 2. The van der Waals surface area contributed by atoms with Crippen LogP contribution in [0.1, 0.15) is 66.6 Å². The monoisotopic (exact) mass is 395 g/mol. The lowest BCUT2D eigenvalue weighted by atomic mass is 9.69. The average Bonchev–Trinajstić information content (AvgIpc) is 2.70. The Hall–Kier alpha value is -2.66. The predicted molar refractivity (Wildman–Crippen MR) is 114 cm³/mol. The van der Waals surface area contributed by atoms with Gasteiger partial charge in [0, 0.05) is 18.7 Å². The molecule has 1 aliphatic carbocycles. The smallest absolute Gasteiger partial charge is 0.384 e. The third kappa shape index (κ3) is 4.67. The highest BCUT2D eigenvalue weighted by atomic mass is 16.6. The number of nitrogens with one attached hydrogen (secondary N) is 1. The molecule has 5 heteroatoms. The first-order chi connectivity index (χ1) is 13.9. The van der Waals surface area contributed by atoms with Gasteiger partial charge >= 0.3 is 12.1 Å². The summed E-state index contributed by atoms with van der Waals surface area (Å²) < 4.78 is 10.4. The first-order valence-electron chi connectivity index (χ1n) is 10.1. The van der Waals surface area contributed by atoms with Gasteiger partial charge in [-0.2, -0.15) is 0 Å². The Kier molecular flexibility index (Phi) is 6.38. The Bertz CT molecular complexity index is 904. The maximum Gasteiger partial charge on any atom is 0.419 e. The highest BCUT2D eigenvalue weighted by molar-refractivity contribution is 6.01. The van der Waals surface area contributed by atoms with Gasteiger partial charge in [-0.1, -0.05) is 45.0 Å². The second-order valence-electron chi connectivity index (χ2n) is 8.19. The summed E-state index contributed by atoms with van der Waals surface area (Å²) in [7, 11) is 1.71. The fourth-order valence-electron chi connectivity index (χ4n) is 4.10. The molecular weight excluding hydrogens is 366 g/mol. The van der Waals surface area contributed by atoms with Crippen LogP contribution < -0.4 is 5.32 Å². The third-order valence-corrected chi connectivity index (χ3v) is 5.76. The molecule has 2 aromatic carbocycles. The Morgan fingerprint density at radius 2 is 1.93 bits per heavy atom. The Morgan fingerprint density at radius 1 is 1.17 bits per heavy atom. The van der Waals surface area contributed by atoms with Crippen molar-refractivity contribution in [3.8, 4) is 0 Å². The van der Waals surface area contributed by atoms with Crippen LogP contribution in [0.4, 0.5) is 10.5 Å². The van der Waals surface area contributed by atoms with Gasteiger partial charge in [0.05, 0.1) is 12.2 Å². The van der Waals surface area contributed by atoms with Crippen LogP contribution in [0.3, 0.4) is 0 Å². The van der Waals surface area contributed by atoms with Crippen LogP contribution in [-0.2, 0) is 21.3 Å². The quantitative estimate of drug-likeness (QED) is 0.541. The molecule has 2 aromatic rings. The number of carbonyl (C=O) groups is 2. The van der Waals surface area contributed by atoms with Crippen LogP contribution in [0.15, 0.2) is 42.5 Å². The van der Waals surface area contributed by atoms with Crippen LogP contribution in [0.2, 0.25) is 0 Å². The predicted octanol–water partition coefficient (Wildman–Crippen LogP) is 5.44. The van der Waals surface area contributed by atoms with Crippen molar-refractivity contribution < 1.29 is 19.1 Å². The number of hydrogen-bond donors (Lipinski definition) is 1. The van der Waals surface area contributed by atoms with Crippen molar-refractivity contribution in [2.75, 3.05) is 19.0 Å². The molecule has 0 bridgehead atoms. The van der Waals surface area contributed by atoms with Crippen LogP contribution in [-0.4, -0.2) is 25.8 Å². The number of ether oxygens (including phenoxy) is 2. The van der Waals surface area contributed by atoms with Crippen molar-refractivity contribution in [2.24, 2.45) is 0 Å². The summed E-state index contributed by atoms with van der Waals surface area (Å²) in [6.45, 7) is 7.07. The molecule has 0 aliphatic heterocycles. The molecule has 5 nitrogen and oxygen atoms in total. The number of esters is 1. The van der Waals surface area contributed by atoms with Gasteiger partial charge in [0.1, 0.15) is 0 Å². The Balaban J connectivity index is 1.76. The van der Waals surface area contributed by atoms with Gasteiger partial charge in [-0.05, 0) is 59.6 Å². The number of anilines is 1. The standard InChI is InChI=1S/C24H29NO4/c1-5-16-8-6-7-9-19(16)22(26)29-23(27)25-18-10-11-21-20(14-18)17(15-28-4)12-13-24(21,2)3/h6-11,14,17H,5,12-13,15H2,1-4H3,(H,25,27). The number of rotatable bonds is 5. The lowest BCUT2D eigenvalue weighted by Gasteiger charge is -2.37. The minimum atomic E-state index is -0.779. The normalized spacial score (nSPS) is 17.3. The SMILES string of the molecule is CCc1ccccc1C(=O)OC(=O)Nc1ccc2c(c1)C(COC)CCC2(C)C. The summed E-state index contributed by atoms with van der Waals surface area (Å²) in [5.41, 5.74) is 4.42. The lowest BCUT2D eigenvalue weighted by Crippen LogP contribution is -2.28. The topological polar surface area (TPSA) is 64.6 Å². The molecule has 1 unspecified atom stereocenters. The highest BCUT2D eigenvalue weighted by Crippen LogP contribution is 2.43.